The average Bonchev–Trinajstić information content (AvgIpc) is 2.09. The Kier molecular flexibility index (Phi) is 15.9. The molecule has 0 aliphatic carbocycles. The third kappa shape index (κ3) is 12.4. The number of hydrogen-bond acceptors (Lipinski definition) is 5. The molecule has 0 aromatic heterocycles. The summed E-state index contributed by atoms with van der Waals surface area (Å²) in [5.41, 5.74) is 0. The van der Waals surface area contributed by atoms with Gasteiger partial charge in [0.1, 0.15) is 6.61 Å². The van der Waals surface area contributed by atoms with Gasteiger partial charge in [0.25, 0.3) is 0 Å². The average molecular weight is 195 g/mol. The Bertz CT molecular complexity index is 101. The van der Waals surface area contributed by atoms with Crippen LogP contribution in [-0.4, -0.2) is 44.1 Å². The zero-order valence-corrected chi connectivity index (χ0v) is 8.43. The normalized spacial score (nSPS) is 8.33. The van der Waals surface area contributed by atoms with Crippen molar-refractivity contribution in [2.24, 2.45) is 0 Å². The van der Waals surface area contributed by atoms with Crippen molar-refractivity contribution in [3.05, 3.63) is 0 Å². The molecule has 4 nitrogen and oxygen atoms in total. The molecular formula is C7H17NO3S. The van der Waals surface area contributed by atoms with E-state index >= 15 is 0 Å². The molecule has 12 heavy (non-hydrogen) atoms. The number of hydrogen-bond donors (Lipinski definition) is 3. The molecule has 2 N–H and O–H groups in total. The molecule has 0 unspecified atom stereocenters. The van der Waals surface area contributed by atoms with Gasteiger partial charge in [0.2, 0.25) is 0 Å². The van der Waals surface area contributed by atoms with Crippen molar-refractivity contribution in [3.63, 3.8) is 0 Å². The Morgan fingerprint density at radius 3 is 2.58 bits per heavy atom. The number of rotatable bonds is 5. The third-order valence-electron chi connectivity index (χ3n) is 0.931. The Morgan fingerprint density at radius 1 is 1.58 bits per heavy atom. The van der Waals surface area contributed by atoms with Crippen molar-refractivity contribution in [1.29, 1.82) is 0 Å². The number of nitrogens with one attached hydrogen (secondary N) is 1. The van der Waals surface area contributed by atoms with Gasteiger partial charge in [-0.05, 0) is 7.05 Å². The van der Waals surface area contributed by atoms with Crippen LogP contribution >= 0.6 is 12.6 Å². The van der Waals surface area contributed by atoms with E-state index in [4.69, 9.17) is 9.84 Å². The monoisotopic (exact) mass is 195 g/mol. The highest BCUT2D eigenvalue weighted by Crippen LogP contribution is 1.87. The van der Waals surface area contributed by atoms with Gasteiger partial charge in [-0.25, -0.2) is 0 Å². The number of carbonyl (C=O) groups excluding carboxylic acids is 1. The summed E-state index contributed by atoms with van der Waals surface area (Å²) in [7, 11) is 2.81. The van der Waals surface area contributed by atoms with Gasteiger partial charge in [0.15, 0.2) is 0 Å². The first-order chi connectivity index (χ1) is 5.81. The predicted octanol–water partition coefficient (Wildman–Crippen LogP) is -0.323. The number of carbonyl (C=O) groups is 1. The van der Waals surface area contributed by atoms with Crippen molar-refractivity contribution >= 4 is 18.6 Å². The topological polar surface area (TPSA) is 58.6 Å². The quantitative estimate of drug-likeness (QED) is 0.320. The standard InChI is InChI=1S/C6H13NO2S.CH4O/c1-7-3-4-9-6(8)2-5-10;1-2/h7,10H,2-5H2,1H3;2H,1H3. The molecule has 0 spiro atoms. The van der Waals surface area contributed by atoms with Crippen LogP contribution < -0.4 is 5.32 Å². The first kappa shape index (κ1) is 14.3. The second-order valence-electron chi connectivity index (χ2n) is 1.80. The summed E-state index contributed by atoms with van der Waals surface area (Å²) in [5, 5.41) is 9.87. The van der Waals surface area contributed by atoms with Gasteiger partial charge in [-0.15, -0.1) is 0 Å². The van der Waals surface area contributed by atoms with Crippen LogP contribution in [0.2, 0.25) is 0 Å². The second kappa shape index (κ2) is 13.3. The van der Waals surface area contributed by atoms with Crippen molar-refractivity contribution < 1.29 is 14.6 Å². The Morgan fingerprint density at radius 2 is 2.17 bits per heavy atom. The van der Waals surface area contributed by atoms with E-state index in [9.17, 15) is 4.79 Å². The minimum Gasteiger partial charge on any atom is -0.464 e. The fourth-order valence-electron chi connectivity index (χ4n) is 0.430. The lowest BCUT2D eigenvalue weighted by Crippen LogP contribution is -2.17. The molecule has 0 bridgehead atoms. The maximum Gasteiger partial charge on any atom is 0.306 e. The zero-order chi connectivity index (χ0) is 9.82. The number of aliphatic hydroxyl groups excluding tert-OH is 1. The van der Waals surface area contributed by atoms with Crippen LogP contribution in [0.3, 0.4) is 0 Å². The van der Waals surface area contributed by atoms with Gasteiger partial charge in [-0.3, -0.25) is 4.79 Å². The molecule has 0 aromatic rings. The van der Waals surface area contributed by atoms with Crippen LogP contribution in [0.15, 0.2) is 0 Å². The fraction of sp³-hybridized carbons (Fsp3) is 0.857. The zero-order valence-electron chi connectivity index (χ0n) is 7.54. The highest BCUT2D eigenvalue weighted by molar-refractivity contribution is 7.80. The molecule has 0 fully saturated rings. The molecule has 0 heterocycles. The Labute approximate surface area is 78.7 Å². The van der Waals surface area contributed by atoms with Gasteiger partial charge in [0.05, 0.1) is 6.42 Å². The van der Waals surface area contributed by atoms with E-state index in [0.717, 1.165) is 7.11 Å². The summed E-state index contributed by atoms with van der Waals surface area (Å²) in [6, 6.07) is 0. The highest BCUT2D eigenvalue weighted by Gasteiger charge is 1.98. The van der Waals surface area contributed by atoms with Crippen LogP contribution in [-0.2, 0) is 9.53 Å². The summed E-state index contributed by atoms with van der Waals surface area (Å²) >= 11 is 3.89. The molecule has 0 aliphatic rings. The number of aliphatic hydroxyl groups is 1. The molecule has 74 valence electrons. The summed E-state index contributed by atoms with van der Waals surface area (Å²) in [6.07, 6.45) is 0.396. The Hall–Kier alpha value is -0.260. The molecule has 0 aliphatic heterocycles. The van der Waals surface area contributed by atoms with Gasteiger partial charge in [-0.1, -0.05) is 0 Å². The summed E-state index contributed by atoms with van der Waals surface area (Å²) in [4.78, 5) is 10.6. The van der Waals surface area contributed by atoms with Gasteiger partial charge < -0.3 is 15.2 Å². The Balaban J connectivity index is 0. The lowest BCUT2D eigenvalue weighted by molar-refractivity contribution is -0.142. The third-order valence-corrected chi connectivity index (χ3v) is 1.15. The largest absolute Gasteiger partial charge is 0.464 e. The van der Waals surface area contributed by atoms with E-state index in [1.807, 2.05) is 7.05 Å². The maximum absolute atomic E-state index is 10.6. The van der Waals surface area contributed by atoms with Crippen LogP contribution in [0.4, 0.5) is 0 Å². The van der Waals surface area contributed by atoms with Crippen molar-refractivity contribution in [2.45, 2.75) is 6.42 Å². The SMILES string of the molecule is CNCCOC(=O)CCS.CO. The summed E-state index contributed by atoms with van der Waals surface area (Å²) in [5.74, 6) is 0.378. The first-order valence-corrected chi connectivity index (χ1v) is 4.30. The predicted molar refractivity (Wildman–Crippen MR) is 51.5 cm³/mol. The minimum atomic E-state index is -0.176. The van der Waals surface area contributed by atoms with E-state index < -0.39 is 0 Å². The maximum atomic E-state index is 10.6. The summed E-state index contributed by atoms with van der Waals surface area (Å²) < 4.78 is 4.77. The van der Waals surface area contributed by atoms with Crippen molar-refractivity contribution in [2.75, 3.05) is 33.1 Å². The molecule has 0 aromatic carbocycles. The van der Waals surface area contributed by atoms with E-state index in [0.29, 0.717) is 25.3 Å². The van der Waals surface area contributed by atoms with Crippen molar-refractivity contribution in [1.82, 2.24) is 5.32 Å². The molecule has 0 saturated carbocycles. The fourth-order valence-corrected chi connectivity index (χ4v) is 0.613. The molecule has 0 radical (unpaired) electrons. The first-order valence-electron chi connectivity index (χ1n) is 3.67. The van der Waals surface area contributed by atoms with Gasteiger partial charge in [-0.2, -0.15) is 12.6 Å². The number of likely N-dealkylation sites (N-methyl/N-ethyl adjacent to an activating group) is 1. The van der Waals surface area contributed by atoms with E-state index in [1.54, 1.807) is 0 Å². The van der Waals surface area contributed by atoms with Gasteiger partial charge in [0, 0.05) is 19.4 Å². The number of ether oxygens (including phenoxy) is 1. The molecule has 0 amide bonds. The number of esters is 1. The minimum absolute atomic E-state index is 0.176. The summed E-state index contributed by atoms with van der Waals surface area (Å²) in [6.45, 7) is 1.15. The van der Waals surface area contributed by atoms with E-state index in [1.165, 1.54) is 0 Å². The van der Waals surface area contributed by atoms with Crippen LogP contribution in [0.25, 0.3) is 0 Å². The lowest BCUT2D eigenvalue weighted by Gasteiger charge is -2.01. The van der Waals surface area contributed by atoms with E-state index in [2.05, 4.69) is 17.9 Å². The van der Waals surface area contributed by atoms with E-state index in [-0.39, 0.29) is 5.97 Å². The van der Waals surface area contributed by atoms with Crippen LogP contribution in [0, 0.1) is 0 Å². The number of thiol groups is 1. The molecule has 0 saturated heterocycles. The van der Waals surface area contributed by atoms with Crippen LogP contribution in [0.5, 0.6) is 0 Å². The second-order valence-corrected chi connectivity index (χ2v) is 2.24. The highest BCUT2D eigenvalue weighted by atomic mass is 32.1. The molecule has 0 atom stereocenters. The molecular weight excluding hydrogens is 178 g/mol. The van der Waals surface area contributed by atoms with Crippen molar-refractivity contribution in [3.8, 4) is 0 Å². The smallest absolute Gasteiger partial charge is 0.306 e. The van der Waals surface area contributed by atoms with Gasteiger partial charge >= 0.3 is 5.97 Å². The molecule has 5 heteroatoms. The lowest BCUT2D eigenvalue weighted by atomic mass is 10.5. The van der Waals surface area contributed by atoms with Crippen LogP contribution in [0.1, 0.15) is 6.42 Å². The molecule has 0 rings (SSSR count).